The SMILES string of the molecule is O=C(NO)c1cnc(N2CCc3[nH]c4ccc(-c5cccc(CO)c5)cc4c3C2)nc1. The minimum absolute atomic E-state index is 0.0172. The predicted octanol–water partition coefficient (Wildman–Crippen LogP) is 2.80. The highest BCUT2D eigenvalue weighted by atomic mass is 16.5. The molecule has 5 rings (SSSR count). The average molecular weight is 415 g/mol. The monoisotopic (exact) mass is 415 g/mol. The summed E-state index contributed by atoms with van der Waals surface area (Å²) in [5.74, 6) is -0.0943. The van der Waals surface area contributed by atoms with Crippen molar-refractivity contribution in [3.05, 3.63) is 77.2 Å². The molecule has 0 spiro atoms. The molecule has 4 aromatic rings. The van der Waals surface area contributed by atoms with Gasteiger partial charge in [-0.05, 0) is 34.9 Å². The molecule has 0 saturated heterocycles. The lowest BCUT2D eigenvalue weighted by atomic mass is 9.99. The van der Waals surface area contributed by atoms with Gasteiger partial charge in [0.05, 0.1) is 12.2 Å². The van der Waals surface area contributed by atoms with Crippen molar-refractivity contribution in [2.75, 3.05) is 11.4 Å². The molecule has 0 radical (unpaired) electrons. The third kappa shape index (κ3) is 3.52. The van der Waals surface area contributed by atoms with Gasteiger partial charge in [-0.3, -0.25) is 10.0 Å². The van der Waals surface area contributed by atoms with Gasteiger partial charge in [-0.15, -0.1) is 0 Å². The summed E-state index contributed by atoms with van der Waals surface area (Å²) in [5, 5.41) is 19.3. The van der Waals surface area contributed by atoms with Gasteiger partial charge < -0.3 is 15.0 Å². The Morgan fingerprint density at radius 2 is 1.94 bits per heavy atom. The number of aromatic amines is 1. The van der Waals surface area contributed by atoms with Gasteiger partial charge >= 0.3 is 0 Å². The van der Waals surface area contributed by atoms with E-state index >= 15 is 0 Å². The molecule has 0 saturated carbocycles. The highest BCUT2D eigenvalue weighted by Crippen LogP contribution is 2.32. The summed E-state index contributed by atoms with van der Waals surface area (Å²) in [6, 6.07) is 14.3. The molecule has 2 aromatic carbocycles. The number of rotatable bonds is 4. The molecule has 156 valence electrons. The van der Waals surface area contributed by atoms with Gasteiger partial charge in [-0.1, -0.05) is 24.3 Å². The van der Waals surface area contributed by atoms with E-state index in [0.717, 1.165) is 40.6 Å². The van der Waals surface area contributed by atoms with Gasteiger partial charge in [0.2, 0.25) is 5.95 Å². The second kappa shape index (κ2) is 7.82. The van der Waals surface area contributed by atoms with Crippen molar-refractivity contribution < 1.29 is 15.1 Å². The number of fused-ring (bicyclic) bond motifs is 3. The van der Waals surface area contributed by atoms with E-state index in [1.165, 1.54) is 23.7 Å². The molecule has 3 heterocycles. The number of aromatic nitrogens is 3. The number of nitrogens with zero attached hydrogens (tertiary/aromatic N) is 3. The molecule has 0 fully saturated rings. The van der Waals surface area contributed by atoms with E-state index in [0.29, 0.717) is 12.5 Å². The Morgan fingerprint density at radius 1 is 1.13 bits per heavy atom. The highest BCUT2D eigenvalue weighted by Gasteiger charge is 2.23. The van der Waals surface area contributed by atoms with Crippen LogP contribution in [0.5, 0.6) is 0 Å². The Hall–Kier alpha value is -3.75. The third-order valence-electron chi connectivity index (χ3n) is 5.70. The lowest BCUT2D eigenvalue weighted by molar-refractivity contribution is 0.0705. The number of aliphatic hydroxyl groups excluding tert-OH is 1. The summed E-state index contributed by atoms with van der Waals surface area (Å²) < 4.78 is 0. The van der Waals surface area contributed by atoms with Crippen molar-refractivity contribution in [2.45, 2.75) is 19.6 Å². The van der Waals surface area contributed by atoms with Crippen LogP contribution in [0.4, 0.5) is 5.95 Å². The van der Waals surface area contributed by atoms with E-state index in [-0.39, 0.29) is 12.2 Å². The van der Waals surface area contributed by atoms with Crippen LogP contribution in [0.25, 0.3) is 22.0 Å². The molecule has 31 heavy (non-hydrogen) atoms. The first kappa shape index (κ1) is 19.2. The normalized spacial score (nSPS) is 13.3. The van der Waals surface area contributed by atoms with Crippen LogP contribution in [0.15, 0.2) is 54.9 Å². The van der Waals surface area contributed by atoms with E-state index < -0.39 is 5.91 Å². The van der Waals surface area contributed by atoms with Crippen LogP contribution in [0.2, 0.25) is 0 Å². The van der Waals surface area contributed by atoms with Crippen molar-refractivity contribution in [1.29, 1.82) is 0 Å². The summed E-state index contributed by atoms with van der Waals surface area (Å²) in [7, 11) is 0. The van der Waals surface area contributed by atoms with E-state index in [2.05, 4.69) is 38.1 Å². The number of hydroxylamine groups is 1. The lowest BCUT2D eigenvalue weighted by Gasteiger charge is -2.27. The smallest absolute Gasteiger partial charge is 0.277 e. The lowest BCUT2D eigenvalue weighted by Crippen LogP contribution is -2.31. The van der Waals surface area contributed by atoms with Crippen molar-refractivity contribution >= 4 is 22.8 Å². The van der Waals surface area contributed by atoms with E-state index in [9.17, 15) is 9.90 Å². The van der Waals surface area contributed by atoms with Crippen LogP contribution in [-0.2, 0) is 19.6 Å². The molecule has 0 aliphatic carbocycles. The number of nitrogens with one attached hydrogen (secondary N) is 2. The van der Waals surface area contributed by atoms with Gasteiger partial charge in [0.1, 0.15) is 0 Å². The van der Waals surface area contributed by atoms with Crippen molar-refractivity contribution in [1.82, 2.24) is 20.4 Å². The molecule has 4 N–H and O–H groups in total. The van der Waals surface area contributed by atoms with E-state index in [1.54, 1.807) is 5.48 Å². The van der Waals surface area contributed by atoms with Gasteiger partial charge in [-0.2, -0.15) is 0 Å². The molecular weight excluding hydrogens is 394 g/mol. The summed E-state index contributed by atoms with van der Waals surface area (Å²) in [4.78, 5) is 25.7. The minimum Gasteiger partial charge on any atom is -0.392 e. The molecular formula is C23H21N5O3. The number of anilines is 1. The number of hydrogen-bond donors (Lipinski definition) is 4. The van der Waals surface area contributed by atoms with Gasteiger partial charge in [0.25, 0.3) is 5.91 Å². The van der Waals surface area contributed by atoms with Crippen molar-refractivity contribution in [3.63, 3.8) is 0 Å². The Kier molecular flexibility index (Phi) is 4.85. The van der Waals surface area contributed by atoms with Gasteiger partial charge in [0, 0.05) is 54.1 Å². The maximum atomic E-state index is 11.5. The molecule has 0 unspecified atom stereocenters. The standard InChI is InChI=1S/C23H21N5O3/c29-13-14-2-1-3-15(8-14)16-4-5-20-18(9-16)19-12-28(7-6-21(19)26-20)23-24-10-17(11-25-23)22(30)27-31/h1-5,8-11,26,29,31H,6-7,12-13H2,(H,27,30). The molecule has 1 aliphatic rings. The summed E-state index contributed by atoms with van der Waals surface area (Å²) in [6.45, 7) is 1.43. The number of carbonyl (C=O) groups is 1. The Labute approximate surface area is 178 Å². The molecule has 8 heteroatoms. The first-order chi connectivity index (χ1) is 15.2. The maximum Gasteiger partial charge on any atom is 0.277 e. The van der Waals surface area contributed by atoms with E-state index in [4.69, 9.17) is 5.21 Å². The van der Waals surface area contributed by atoms with E-state index in [1.807, 2.05) is 24.3 Å². The Balaban J connectivity index is 1.48. The number of benzene rings is 2. The summed E-state index contributed by atoms with van der Waals surface area (Å²) in [5.41, 5.74) is 8.34. The fourth-order valence-electron chi connectivity index (χ4n) is 4.08. The maximum absolute atomic E-state index is 11.5. The number of hydrogen-bond acceptors (Lipinski definition) is 6. The molecule has 0 bridgehead atoms. The van der Waals surface area contributed by atoms with Crippen molar-refractivity contribution in [2.24, 2.45) is 0 Å². The molecule has 1 aliphatic heterocycles. The zero-order valence-corrected chi connectivity index (χ0v) is 16.7. The van der Waals surface area contributed by atoms with Crippen LogP contribution in [-0.4, -0.2) is 37.7 Å². The fourth-order valence-corrected chi connectivity index (χ4v) is 4.08. The van der Waals surface area contributed by atoms with Crippen LogP contribution < -0.4 is 10.4 Å². The third-order valence-corrected chi connectivity index (χ3v) is 5.70. The summed E-state index contributed by atoms with van der Waals surface area (Å²) in [6.07, 6.45) is 3.65. The number of aliphatic hydroxyl groups is 1. The Bertz CT molecular complexity index is 1270. The zero-order chi connectivity index (χ0) is 21.4. The average Bonchev–Trinajstić information content (AvgIpc) is 3.20. The molecule has 0 atom stereocenters. The van der Waals surface area contributed by atoms with Crippen LogP contribution >= 0.6 is 0 Å². The van der Waals surface area contributed by atoms with Gasteiger partial charge in [-0.25, -0.2) is 15.4 Å². The second-order valence-corrected chi connectivity index (χ2v) is 7.59. The second-order valence-electron chi connectivity index (χ2n) is 7.59. The topological polar surface area (TPSA) is 114 Å². The minimum atomic E-state index is -0.637. The number of carbonyl (C=O) groups excluding carboxylic acids is 1. The quantitative estimate of drug-likeness (QED) is 0.301. The Morgan fingerprint density at radius 3 is 2.71 bits per heavy atom. The molecule has 2 aromatic heterocycles. The highest BCUT2D eigenvalue weighted by molar-refractivity contribution is 5.93. The summed E-state index contributed by atoms with van der Waals surface area (Å²) >= 11 is 0. The van der Waals surface area contributed by atoms with Crippen LogP contribution in [0, 0.1) is 0 Å². The molecule has 1 amide bonds. The van der Waals surface area contributed by atoms with Crippen molar-refractivity contribution in [3.8, 4) is 11.1 Å². The van der Waals surface area contributed by atoms with Crippen LogP contribution in [0.1, 0.15) is 27.2 Å². The number of H-pyrrole nitrogens is 1. The fraction of sp³-hybridized carbons (Fsp3) is 0.174. The number of amides is 1. The zero-order valence-electron chi connectivity index (χ0n) is 16.7. The first-order valence-electron chi connectivity index (χ1n) is 10.0. The largest absolute Gasteiger partial charge is 0.392 e. The predicted molar refractivity (Wildman–Crippen MR) is 116 cm³/mol. The van der Waals surface area contributed by atoms with Gasteiger partial charge in [0.15, 0.2) is 0 Å². The van der Waals surface area contributed by atoms with Crippen LogP contribution in [0.3, 0.4) is 0 Å². The first-order valence-corrected chi connectivity index (χ1v) is 10.0. The molecule has 8 nitrogen and oxygen atoms in total.